The fourth-order valence-electron chi connectivity index (χ4n) is 3.79. The number of rotatable bonds is 5. The molecule has 138 valence electrons. The van der Waals surface area contributed by atoms with Crippen molar-refractivity contribution in [3.8, 4) is 11.5 Å². The van der Waals surface area contributed by atoms with Crippen LogP contribution in [-0.2, 0) is 17.8 Å². The number of hydrogen-bond donors (Lipinski definition) is 1. The van der Waals surface area contributed by atoms with Crippen LogP contribution in [0.15, 0.2) is 36.4 Å². The van der Waals surface area contributed by atoms with Gasteiger partial charge in [-0.1, -0.05) is 30.3 Å². The Labute approximate surface area is 157 Å². The van der Waals surface area contributed by atoms with Crippen LogP contribution >= 0.6 is 0 Å². The number of aromatic nitrogens is 5. The van der Waals surface area contributed by atoms with Gasteiger partial charge in [-0.3, -0.25) is 14.5 Å². The molecule has 1 fully saturated rings. The molecule has 0 unspecified atom stereocenters. The Morgan fingerprint density at radius 3 is 2.78 bits per heavy atom. The van der Waals surface area contributed by atoms with Gasteiger partial charge in [0.15, 0.2) is 11.6 Å². The zero-order valence-electron chi connectivity index (χ0n) is 15.3. The third-order valence-corrected chi connectivity index (χ3v) is 5.51. The highest BCUT2D eigenvalue weighted by molar-refractivity contribution is 5.82. The molecule has 1 atom stereocenters. The normalized spacial score (nSPS) is 19.4. The highest BCUT2D eigenvalue weighted by atomic mass is 16.2. The lowest BCUT2D eigenvalue weighted by molar-refractivity contribution is -0.136. The van der Waals surface area contributed by atoms with Crippen LogP contribution in [0.5, 0.6) is 0 Å². The molecule has 1 aliphatic carbocycles. The van der Waals surface area contributed by atoms with Crippen molar-refractivity contribution in [1.82, 2.24) is 29.9 Å². The molecule has 0 radical (unpaired) electrons. The number of benzene rings is 1. The zero-order valence-corrected chi connectivity index (χ0v) is 15.3. The van der Waals surface area contributed by atoms with Gasteiger partial charge >= 0.3 is 0 Å². The second-order valence-corrected chi connectivity index (χ2v) is 7.46. The Kier molecular flexibility index (Phi) is 3.81. The first-order valence-corrected chi connectivity index (χ1v) is 9.53. The Morgan fingerprint density at radius 2 is 2.00 bits per heavy atom. The fraction of sp³-hybridized carbons (Fsp3) is 0.400. The largest absolute Gasteiger partial charge is 0.333 e. The minimum Gasteiger partial charge on any atom is -0.333 e. The van der Waals surface area contributed by atoms with E-state index in [0.717, 1.165) is 23.6 Å². The van der Waals surface area contributed by atoms with Gasteiger partial charge in [0.05, 0.1) is 6.54 Å². The van der Waals surface area contributed by atoms with Crippen LogP contribution in [0.2, 0.25) is 0 Å². The summed E-state index contributed by atoms with van der Waals surface area (Å²) in [5, 5.41) is 16.2. The standard InChI is InChI=1S/C20H22N6O/c1-13-20(27)25(10-9-14-5-3-2-4-6-14)12-18-23-24-19(26(13)18)17-11-16(21-22-17)15-7-8-15/h2-6,11,13,15H,7-10,12H2,1H3,(H,21,22)/t13-/m1/s1. The second kappa shape index (κ2) is 6.33. The summed E-state index contributed by atoms with van der Waals surface area (Å²) in [6, 6.07) is 12.0. The summed E-state index contributed by atoms with van der Waals surface area (Å²) >= 11 is 0. The lowest BCUT2D eigenvalue weighted by Crippen LogP contribution is -2.42. The molecule has 1 saturated carbocycles. The van der Waals surface area contributed by atoms with Crippen molar-refractivity contribution in [2.45, 2.75) is 44.7 Å². The monoisotopic (exact) mass is 362 g/mol. The predicted octanol–water partition coefficient (Wildman–Crippen LogP) is 2.69. The second-order valence-electron chi connectivity index (χ2n) is 7.46. The van der Waals surface area contributed by atoms with E-state index < -0.39 is 0 Å². The van der Waals surface area contributed by atoms with Crippen LogP contribution in [0.4, 0.5) is 0 Å². The van der Waals surface area contributed by atoms with Crippen LogP contribution in [0.3, 0.4) is 0 Å². The molecule has 3 aromatic rings. The van der Waals surface area contributed by atoms with Crippen molar-refractivity contribution in [2.75, 3.05) is 6.54 Å². The van der Waals surface area contributed by atoms with Gasteiger partial charge in [-0.05, 0) is 37.8 Å². The highest BCUT2D eigenvalue weighted by Gasteiger charge is 2.34. The molecule has 7 heteroatoms. The molecule has 0 bridgehead atoms. The van der Waals surface area contributed by atoms with Crippen molar-refractivity contribution in [2.24, 2.45) is 0 Å². The number of nitrogens with zero attached hydrogens (tertiary/aromatic N) is 5. The molecule has 0 saturated heterocycles. The van der Waals surface area contributed by atoms with E-state index in [1.165, 1.54) is 18.4 Å². The number of carbonyl (C=O) groups is 1. The summed E-state index contributed by atoms with van der Waals surface area (Å²) in [5.41, 5.74) is 3.16. The van der Waals surface area contributed by atoms with E-state index in [1.807, 2.05) is 40.7 Å². The Hall–Kier alpha value is -2.96. The first-order valence-electron chi connectivity index (χ1n) is 9.53. The SMILES string of the molecule is C[C@@H]1C(=O)N(CCc2ccccc2)Cc2nnc(-c3cc(C4CC4)[nH]n3)n21. The molecule has 3 heterocycles. The van der Waals surface area contributed by atoms with E-state index >= 15 is 0 Å². The summed E-state index contributed by atoms with van der Waals surface area (Å²) in [7, 11) is 0. The van der Waals surface area contributed by atoms with Crippen molar-refractivity contribution in [3.05, 3.63) is 53.5 Å². The van der Waals surface area contributed by atoms with E-state index in [-0.39, 0.29) is 11.9 Å². The summed E-state index contributed by atoms with van der Waals surface area (Å²) in [4.78, 5) is 14.8. The van der Waals surface area contributed by atoms with Gasteiger partial charge < -0.3 is 4.90 Å². The average Bonchev–Trinajstić information content (AvgIpc) is 3.27. The molecule has 2 aliphatic rings. The first kappa shape index (κ1) is 16.2. The molecular formula is C20H22N6O. The van der Waals surface area contributed by atoms with E-state index in [0.29, 0.717) is 24.8 Å². The molecule has 1 amide bonds. The third-order valence-electron chi connectivity index (χ3n) is 5.51. The van der Waals surface area contributed by atoms with Gasteiger partial charge in [0.2, 0.25) is 5.91 Å². The van der Waals surface area contributed by atoms with Gasteiger partial charge in [-0.2, -0.15) is 5.10 Å². The van der Waals surface area contributed by atoms with Crippen molar-refractivity contribution in [1.29, 1.82) is 0 Å². The quantitative estimate of drug-likeness (QED) is 0.757. The number of hydrogen-bond acceptors (Lipinski definition) is 4. The minimum atomic E-state index is -0.324. The summed E-state index contributed by atoms with van der Waals surface area (Å²) in [5.74, 6) is 2.21. The van der Waals surface area contributed by atoms with Crippen LogP contribution in [0.1, 0.15) is 48.8 Å². The summed E-state index contributed by atoms with van der Waals surface area (Å²) < 4.78 is 1.94. The lowest BCUT2D eigenvalue weighted by atomic mass is 10.1. The minimum absolute atomic E-state index is 0.109. The number of amides is 1. The molecule has 7 nitrogen and oxygen atoms in total. The number of H-pyrrole nitrogens is 1. The molecule has 5 rings (SSSR count). The smallest absolute Gasteiger partial charge is 0.245 e. The topological polar surface area (TPSA) is 79.7 Å². The number of aromatic amines is 1. The van der Waals surface area contributed by atoms with Crippen molar-refractivity contribution < 1.29 is 4.79 Å². The van der Waals surface area contributed by atoms with Gasteiger partial charge in [0, 0.05) is 18.2 Å². The number of fused-ring (bicyclic) bond motifs is 1. The Morgan fingerprint density at radius 1 is 1.19 bits per heavy atom. The van der Waals surface area contributed by atoms with Gasteiger partial charge in [-0.25, -0.2) is 0 Å². The van der Waals surface area contributed by atoms with E-state index in [1.54, 1.807) is 0 Å². The zero-order chi connectivity index (χ0) is 18.4. The van der Waals surface area contributed by atoms with E-state index in [2.05, 4.69) is 32.5 Å². The third kappa shape index (κ3) is 2.93. The van der Waals surface area contributed by atoms with Gasteiger partial charge in [-0.15, -0.1) is 10.2 Å². The maximum absolute atomic E-state index is 12.9. The maximum atomic E-state index is 12.9. The molecule has 0 spiro atoms. The van der Waals surface area contributed by atoms with Crippen LogP contribution in [0.25, 0.3) is 11.5 Å². The van der Waals surface area contributed by atoms with Gasteiger partial charge in [0.1, 0.15) is 11.7 Å². The molecule has 2 aromatic heterocycles. The molecule has 27 heavy (non-hydrogen) atoms. The van der Waals surface area contributed by atoms with Crippen molar-refractivity contribution in [3.63, 3.8) is 0 Å². The summed E-state index contributed by atoms with van der Waals surface area (Å²) in [6.07, 6.45) is 3.26. The maximum Gasteiger partial charge on any atom is 0.245 e. The van der Waals surface area contributed by atoms with E-state index in [9.17, 15) is 4.79 Å². The number of nitrogens with one attached hydrogen (secondary N) is 1. The highest BCUT2D eigenvalue weighted by Crippen LogP contribution is 2.40. The molecule has 1 aromatic carbocycles. The van der Waals surface area contributed by atoms with Crippen LogP contribution in [-0.4, -0.2) is 42.3 Å². The lowest BCUT2D eigenvalue weighted by Gasteiger charge is -2.32. The van der Waals surface area contributed by atoms with Crippen molar-refractivity contribution >= 4 is 5.91 Å². The number of carbonyl (C=O) groups excluding carboxylic acids is 1. The fourth-order valence-corrected chi connectivity index (χ4v) is 3.79. The molecule has 1 N–H and O–H groups in total. The van der Waals surface area contributed by atoms with E-state index in [4.69, 9.17) is 0 Å². The summed E-state index contributed by atoms with van der Waals surface area (Å²) in [6.45, 7) is 3.09. The predicted molar refractivity (Wildman–Crippen MR) is 99.9 cm³/mol. The van der Waals surface area contributed by atoms with Crippen LogP contribution < -0.4 is 0 Å². The molecule has 1 aliphatic heterocycles. The van der Waals surface area contributed by atoms with Gasteiger partial charge in [0.25, 0.3) is 0 Å². The Bertz CT molecular complexity index is 972. The molecular weight excluding hydrogens is 340 g/mol. The van der Waals surface area contributed by atoms with Crippen LogP contribution in [0, 0.1) is 0 Å². The first-order chi connectivity index (χ1) is 13.2. The average molecular weight is 362 g/mol. The Balaban J connectivity index is 1.38.